The second kappa shape index (κ2) is 5.17. The summed E-state index contributed by atoms with van der Waals surface area (Å²) < 4.78 is 20.9. The van der Waals surface area contributed by atoms with E-state index < -0.39 is 0 Å². The van der Waals surface area contributed by atoms with Crippen molar-refractivity contribution in [2.45, 2.75) is 6.61 Å². The van der Waals surface area contributed by atoms with Crippen LogP contribution in [0.2, 0.25) is 5.02 Å². The Balaban J connectivity index is 1.86. The fourth-order valence-corrected chi connectivity index (χ4v) is 2.39. The molecule has 0 saturated heterocycles. The smallest absolute Gasteiger partial charge is 0.128 e. The van der Waals surface area contributed by atoms with Gasteiger partial charge in [-0.2, -0.15) is 0 Å². The number of fused-ring (bicyclic) bond motifs is 1. The molecule has 1 aromatic heterocycles. The zero-order valence-electron chi connectivity index (χ0n) is 10.9. The molecule has 4 heteroatoms. The highest BCUT2D eigenvalue weighted by molar-refractivity contribution is 6.30. The van der Waals surface area contributed by atoms with Crippen LogP contribution in [0.5, 0.6) is 5.75 Å². The Bertz CT molecular complexity index is 766. The van der Waals surface area contributed by atoms with Crippen molar-refractivity contribution in [3.63, 3.8) is 0 Å². The molecule has 0 unspecified atom stereocenters. The van der Waals surface area contributed by atoms with Crippen LogP contribution in [0, 0.1) is 5.82 Å². The number of ether oxygens (including phenoxy) is 1. The lowest BCUT2D eigenvalue weighted by Gasteiger charge is -2.07. The van der Waals surface area contributed by atoms with Crippen LogP contribution in [0.15, 0.2) is 48.5 Å². The third kappa shape index (κ3) is 2.49. The van der Waals surface area contributed by atoms with E-state index in [1.54, 1.807) is 18.2 Å². The van der Waals surface area contributed by atoms with Crippen molar-refractivity contribution in [1.29, 1.82) is 0 Å². The van der Waals surface area contributed by atoms with E-state index in [9.17, 15) is 4.39 Å². The number of hydrogen-bond donors (Lipinski definition) is 0. The Kier molecular flexibility index (Phi) is 3.36. The first-order valence-electron chi connectivity index (χ1n) is 6.26. The van der Waals surface area contributed by atoms with Crippen molar-refractivity contribution < 1.29 is 9.13 Å². The Morgan fingerprint density at radius 3 is 2.80 bits per heavy atom. The van der Waals surface area contributed by atoms with Crippen LogP contribution >= 0.6 is 11.6 Å². The van der Waals surface area contributed by atoms with Crippen LogP contribution in [0.25, 0.3) is 10.9 Å². The molecule has 3 aromatic rings. The summed E-state index contributed by atoms with van der Waals surface area (Å²) in [5.74, 6) is 0.481. The fraction of sp³-hybridized carbons (Fsp3) is 0.125. The number of rotatable bonds is 3. The summed E-state index contributed by atoms with van der Waals surface area (Å²) in [4.78, 5) is 0. The SMILES string of the molecule is Cn1c(COc2cccc(Cl)c2)cc2ccc(F)cc21. The predicted octanol–water partition coefficient (Wildman–Crippen LogP) is 4.55. The highest BCUT2D eigenvalue weighted by Gasteiger charge is 2.07. The van der Waals surface area contributed by atoms with E-state index in [4.69, 9.17) is 16.3 Å². The molecule has 2 aromatic carbocycles. The minimum absolute atomic E-state index is 0.235. The number of hydrogen-bond acceptors (Lipinski definition) is 1. The summed E-state index contributed by atoms with van der Waals surface area (Å²) in [5.41, 5.74) is 1.83. The standard InChI is InChI=1S/C16H13ClFNO/c1-19-14(7-11-5-6-13(18)9-16(11)19)10-20-15-4-2-3-12(17)8-15/h2-9H,10H2,1H3. The lowest BCUT2D eigenvalue weighted by molar-refractivity contribution is 0.298. The van der Waals surface area contributed by atoms with E-state index >= 15 is 0 Å². The van der Waals surface area contributed by atoms with E-state index in [0.717, 1.165) is 16.6 Å². The van der Waals surface area contributed by atoms with Gasteiger partial charge in [0.15, 0.2) is 0 Å². The number of halogens is 2. The first kappa shape index (κ1) is 13.0. The van der Waals surface area contributed by atoms with Crippen LogP contribution in [0.1, 0.15) is 5.69 Å². The van der Waals surface area contributed by atoms with E-state index in [2.05, 4.69) is 0 Å². The van der Waals surface area contributed by atoms with E-state index in [0.29, 0.717) is 17.4 Å². The Morgan fingerprint density at radius 2 is 2.00 bits per heavy atom. The minimum atomic E-state index is -0.235. The topological polar surface area (TPSA) is 14.2 Å². The lowest BCUT2D eigenvalue weighted by atomic mass is 10.2. The number of aromatic nitrogens is 1. The van der Waals surface area contributed by atoms with Gasteiger partial charge < -0.3 is 9.30 Å². The molecule has 0 aliphatic heterocycles. The predicted molar refractivity (Wildman–Crippen MR) is 78.7 cm³/mol. The van der Waals surface area contributed by atoms with Crippen LogP contribution in [-0.2, 0) is 13.7 Å². The number of aryl methyl sites for hydroxylation is 1. The highest BCUT2D eigenvalue weighted by atomic mass is 35.5. The lowest BCUT2D eigenvalue weighted by Crippen LogP contribution is -2.01. The molecule has 0 spiro atoms. The Labute approximate surface area is 121 Å². The average molecular weight is 290 g/mol. The summed E-state index contributed by atoms with van der Waals surface area (Å²) in [6.07, 6.45) is 0. The van der Waals surface area contributed by atoms with Crippen LogP contribution < -0.4 is 4.74 Å². The summed E-state index contributed by atoms with van der Waals surface area (Å²) in [7, 11) is 1.90. The molecule has 0 fully saturated rings. The fourth-order valence-electron chi connectivity index (χ4n) is 2.21. The van der Waals surface area contributed by atoms with Crippen LogP contribution in [0.4, 0.5) is 4.39 Å². The molecule has 1 heterocycles. The molecule has 0 amide bonds. The summed E-state index contributed by atoms with van der Waals surface area (Å²) in [5, 5.41) is 1.64. The number of nitrogens with zero attached hydrogens (tertiary/aromatic N) is 1. The largest absolute Gasteiger partial charge is 0.487 e. The molecule has 0 atom stereocenters. The van der Waals surface area contributed by atoms with Crippen LogP contribution in [-0.4, -0.2) is 4.57 Å². The molecule has 0 aliphatic carbocycles. The molecular formula is C16H13ClFNO. The van der Waals surface area contributed by atoms with Crippen molar-refractivity contribution >= 4 is 22.5 Å². The van der Waals surface area contributed by atoms with Crippen molar-refractivity contribution in [2.75, 3.05) is 0 Å². The van der Waals surface area contributed by atoms with Gasteiger partial charge >= 0.3 is 0 Å². The summed E-state index contributed by atoms with van der Waals surface area (Å²) in [6.45, 7) is 0.410. The maximum atomic E-state index is 13.3. The van der Waals surface area contributed by atoms with Crippen molar-refractivity contribution in [1.82, 2.24) is 4.57 Å². The van der Waals surface area contributed by atoms with Crippen LogP contribution in [0.3, 0.4) is 0 Å². The van der Waals surface area contributed by atoms with Gasteiger partial charge in [-0.15, -0.1) is 0 Å². The van der Waals surface area contributed by atoms with Crippen molar-refractivity contribution in [3.05, 3.63) is 65.1 Å². The van der Waals surface area contributed by atoms with Gasteiger partial charge in [-0.1, -0.05) is 17.7 Å². The number of benzene rings is 2. The van der Waals surface area contributed by atoms with Gasteiger partial charge in [-0.05, 0) is 42.5 Å². The van der Waals surface area contributed by atoms with Gasteiger partial charge in [0.05, 0.1) is 11.2 Å². The maximum absolute atomic E-state index is 13.3. The molecule has 2 nitrogen and oxygen atoms in total. The first-order chi connectivity index (χ1) is 9.63. The molecule has 20 heavy (non-hydrogen) atoms. The second-order valence-corrected chi connectivity index (χ2v) is 5.08. The van der Waals surface area contributed by atoms with E-state index in [-0.39, 0.29) is 5.82 Å². The third-order valence-corrected chi connectivity index (χ3v) is 3.52. The Morgan fingerprint density at radius 1 is 1.15 bits per heavy atom. The average Bonchev–Trinajstić information content (AvgIpc) is 2.73. The molecule has 0 saturated carbocycles. The van der Waals surface area contributed by atoms with E-state index in [1.165, 1.54) is 12.1 Å². The van der Waals surface area contributed by atoms with Gasteiger partial charge in [-0.3, -0.25) is 0 Å². The normalized spacial score (nSPS) is 10.9. The zero-order valence-corrected chi connectivity index (χ0v) is 11.7. The van der Waals surface area contributed by atoms with E-state index in [1.807, 2.05) is 29.8 Å². The van der Waals surface area contributed by atoms with Gasteiger partial charge in [0.25, 0.3) is 0 Å². The molecule has 0 bridgehead atoms. The Hall–Kier alpha value is -2.00. The molecule has 0 N–H and O–H groups in total. The molecule has 102 valence electrons. The van der Waals surface area contributed by atoms with Crippen molar-refractivity contribution in [3.8, 4) is 5.75 Å². The monoisotopic (exact) mass is 289 g/mol. The van der Waals surface area contributed by atoms with Gasteiger partial charge in [0, 0.05) is 17.5 Å². The van der Waals surface area contributed by atoms with Gasteiger partial charge in [0.2, 0.25) is 0 Å². The molecule has 3 rings (SSSR count). The maximum Gasteiger partial charge on any atom is 0.128 e. The second-order valence-electron chi connectivity index (χ2n) is 4.64. The van der Waals surface area contributed by atoms with Crippen molar-refractivity contribution in [2.24, 2.45) is 7.05 Å². The zero-order chi connectivity index (χ0) is 14.1. The molecule has 0 aliphatic rings. The molecular weight excluding hydrogens is 277 g/mol. The third-order valence-electron chi connectivity index (χ3n) is 3.29. The highest BCUT2D eigenvalue weighted by Crippen LogP contribution is 2.22. The van der Waals surface area contributed by atoms with Gasteiger partial charge in [-0.25, -0.2) is 4.39 Å². The minimum Gasteiger partial charge on any atom is -0.487 e. The first-order valence-corrected chi connectivity index (χ1v) is 6.63. The van der Waals surface area contributed by atoms with Gasteiger partial charge in [0.1, 0.15) is 18.2 Å². The molecule has 0 radical (unpaired) electrons. The quantitative estimate of drug-likeness (QED) is 0.690. The summed E-state index contributed by atoms with van der Waals surface area (Å²) >= 11 is 5.91. The summed E-state index contributed by atoms with van der Waals surface area (Å²) in [6, 6.07) is 14.0.